The van der Waals surface area contributed by atoms with E-state index in [9.17, 15) is 12.8 Å². The number of hydrogen-bond acceptors (Lipinski definition) is 8. The van der Waals surface area contributed by atoms with Crippen molar-refractivity contribution in [1.82, 2.24) is 19.2 Å². The summed E-state index contributed by atoms with van der Waals surface area (Å²) in [6.07, 6.45) is 1.56. The maximum atomic E-state index is 14.2. The van der Waals surface area contributed by atoms with Gasteiger partial charge in [-0.3, -0.25) is 0 Å². The number of rotatable bonds is 6. The van der Waals surface area contributed by atoms with E-state index in [1.165, 1.54) is 16.4 Å². The highest BCUT2D eigenvalue weighted by atomic mass is 32.2. The van der Waals surface area contributed by atoms with Gasteiger partial charge in [-0.1, -0.05) is 0 Å². The Morgan fingerprint density at radius 1 is 0.938 bits per heavy atom. The molecule has 0 bridgehead atoms. The minimum Gasteiger partial charge on any atom is -0.491 e. The monoisotopic (exact) mass is 464 g/mol. The van der Waals surface area contributed by atoms with Crippen LogP contribution < -0.4 is 14.5 Å². The number of aromatic nitrogens is 2. The average Bonchev–Trinajstić information content (AvgIpc) is 2.81. The van der Waals surface area contributed by atoms with Crippen LogP contribution in [0.15, 0.2) is 35.5 Å². The lowest BCUT2D eigenvalue weighted by Gasteiger charge is -2.36. The molecule has 0 N–H and O–H groups in total. The molecule has 1 aromatic heterocycles. The standard InChI is InChI=1S/C21H29FN6O3S/c1-3-31-19-5-4-17(14-18(19)22)32(29,30)28-12-10-27(11-13-28)21-15-20(23-16-24-21)26-8-6-25(2)7-9-26/h4-5,14-16H,3,6-13H2,1-2H3. The van der Waals surface area contributed by atoms with Crippen LogP contribution in [0.2, 0.25) is 0 Å². The second-order valence-electron chi connectivity index (χ2n) is 7.94. The van der Waals surface area contributed by atoms with E-state index in [4.69, 9.17) is 4.74 Å². The highest BCUT2D eigenvalue weighted by Crippen LogP contribution is 2.25. The first-order valence-corrected chi connectivity index (χ1v) is 12.3. The number of sulfonamides is 1. The number of nitrogens with zero attached hydrogens (tertiary/aromatic N) is 6. The van der Waals surface area contributed by atoms with Crippen molar-refractivity contribution in [1.29, 1.82) is 0 Å². The molecule has 0 unspecified atom stereocenters. The van der Waals surface area contributed by atoms with Crippen molar-refractivity contribution in [2.45, 2.75) is 11.8 Å². The van der Waals surface area contributed by atoms with E-state index in [2.05, 4.69) is 31.7 Å². The number of hydrogen-bond donors (Lipinski definition) is 0. The van der Waals surface area contributed by atoms with Crippen LogP contribution >= 0.6 is 0 Å². The maximum absolute atomic E-state index is 14.2. The summed E-state index contributed by atoms with van der Waals surface area (Å²) in [6.45, 7) is 7.45. The van der Waals surface area contributed by atoms with E-state index in [1.807, 2.05) is 6.07 Å². The Morgan fingerprint density at radius 2 is 1.53 bits per heavy atom. The summed E-state index contributed by atoms with van der Waals surface area (Å²) in [5, 5.41) is 0. The van der Waals surface area contributed by atoms with Gasteiger partial charge in [0.05, 0.1) is 11.5 Å². The summed E-state index contributed by atoms with van der Waals surface area (Å²) < 4.78 is 46.8. The predicted octanol–water partition coefficient (Wildman–Crippen LogP) is 1.28. The molecule has 0 spiro atoms. The van der Waals surface area contributed by atoms with Crippen LogP contribution in [0, 0.1) is 5.82 Å². The third-order valence-electron chi connectivity index (χ3n) is 5.87. The van der Waals surface area contributed by atoms with Gasteiger partial charge >= 0.3 is 0 Å². The van der Waals surface area contributed by atoms with Crippen molar-refractivity contribution < 1.29 is 17.5 Å². The third kappa shape index (κ3) is 4.79. The molecule has 2 aliphatic heterocycles. The topological polar surface area (TPSA) is 82.1 Å². The van der Waals surface area contributed by atoms with E-state index < -0.39 is 15.8 Å². The summed E-state index contributed by atoms with van der Waals surface area (Å²) in [7, 11) is -1.68. The molecule has 0 atom stereocenters. The van der Waals surface area contributed by atoms with Gasteiger partial charge in [0.2, 0.25) is 10.0 Å². The molecule has 3 heterocycles. The highest BCUT2D eigenvalue weighted by Gasteiger charge is 2.30. The summed E-state index contributed by atoms with van der Waals surface area (Å²) in [6, 6.07) is 5.75. The Hall–Kier alpha value is -2.50. The highest BCUT2D eigenvalue weighted by molar-refractivity contribution is 7.89. The molecule has 2 aromatic rings. The number of ether oxygens (including phenoxy) is 1. The van der Waals surface area contributed by atoms with Crippen LogP contribution in [0.1, 0.15) is 6.92 Å². The molecular formula is C21H29FN6O3S. The minimum absolute atomic E-state index is 0.0520. The second kappa shape index (κ2) is 9.55. The van der Waals surface area contributed by atoms with E-state index >= 15 is 0 Å². The summed E-state index contributed by atoms with van der Waals surface area (Å²) in [5.74, 6) is 1.06. The first kappa shape index (κ1) is 22.7. The zero-order chi connectivity index (χ0) is 22.7. The van der Waals surface area contributed by atoms with Gasteiger partial charge in [0, 0.05) is 58.4 Å². The zero-order valence-corrected chi connectivity index (χ0v) is 19.3. The van der Waals surface area contributed by atoms with Crippen molar-refractivity contribution in [2.75, 3.05) is 75.8 Å². The molecule has 0 saturated carbocycles. The Bertz CT molecular complexity index is 1040. The Labute approximate surface area is 188 Å². The van der Waals surface area contributed by atoms with Crippen LogP contribution in [0.25, 0.3) is 0 Å². The number of likely N-dealkylation sites (N-methyl/N-ethyl adjacent to an activating group) is 1. The Balaban J connectivity index is 1.42. The fourth-order valence-electron chi connectivity index (χ4n) is 3.94. The van der Waals surface area contributed by atoms with Gasteiger partial charge < -0.3 is 19.4 Å². The number of benzene rings is 1. The van der Waals surface area contributed by atoms with Gasteiger partial charge in [-0.15, -0.1) is 0 Å². The quantitative estimate of drug-likeness (QED) is 0.632. The average molecular weight is 465 g/mol. The third-order valence-corrected chi connectivity index (χ3v) is 7.76. The van der Waals surface area contributed by atoms with Gasteiger partial charge in [0.25, 0.3) is 0 Å². The number of piperazine rings is 2. The molecule has 4 rings (SSSR count). The van der Waals surface area contributed by atoms with Crippen LogP contribution in [-0.4, -0.2) is 93.6 Å². The molecule has 11 heteroatoms. The largest absolute Gasteiger partial charge is 0.491 e. The Morgan fingerprint density at radius 3 is 2.09 bits per heavy atom. The van der Waals surface area contributed by atoms with Gasteiger partial charge in [-0.2, -0.15) is 4.31 Å². The molecule has 9 nitrogen and oxygen atoms in total. The lowest BCUT2D eigenvalue weighted by molar-refractivity contribution is 0.312. The summed E-state index contributed by atoms with van der Waals surface area (Å²) >= 11 is 0. The van der Waals surface area contributed by atoms with Crippen molar-refractivity contribution in [3.63, 3.8) is 0 Å². The molecule has 2 aliphatic rings. The zero-order valence-electron chi connectivity index (χ0n) is 18.4. The molecule has 2 fully saturated rings. The van der Waals surface area contributed by atoms with Crippen LogP contribution in [0.4, 0.5) is 16.0 Å². The lowest BCUT2D eigenvalue weighted by atomic mass is 10.3. The first-order chi connectivity index (χ1) is 15.4. The van der Waals surface area contributed by atoms with Crippen LogP contribution in [0.5, 0.6) is 5.75 Å². The van der Waals surface area contributed by atoms with E-state index in [-0.39, 0.29) is 10.6 Å². The van der Waals surface area contributed by atoms with Crippen molar-refractivity contribution in [2.24, 2.45) is 0 Å². The fraction of sp³-hybridized carbons (Fsp3) is 0.524. The van der Waals surface area contributed by atoms with Gasteiger partial charge in [0.1, 0.15) is 18.0 Å². The van der Waals surface area contributed by atoms with Crippen molar-refractivity contribution in [3.05, 3.63) is 36.4 Å². The van der Waals surface area contributed by atoms with Crippen molar-refractivity contribution in [3.8, 4) is 5.75 Å². The van der Waals surface area contributed by atoms with Gasteiger partial charge in [-0.05, 0) is 32.2 Å². The van der Waals surface area contributed by atoms with Gasteiger partial charge in [-0.25, -0.2) is 22.8 Å². The van der Waals surface area contributed by atoms with E-state index in [1.54, 1.807) is 13.3 Å². The van der Waals surface area contributed by atoms with Crippen molar-refractivity contribution >= 4 is 21.7 Å². The molecule has 32 heavy (non-hydrogen) atoms. The SMILES string of the molecule is CCOc1ccc(S(=O)(=O)N2CCN(c3cc(N4CCN(C)CC4)ncn3)CC2)cc1F. The second-order valence-corrected chi connectivity index (χ2v) is 9.88. The summed E-state index contributed by atoms with van der Waals surface area (Å²) in [4.78, 5) is 15.4. The van der Waals surface area contributed by atoms with Gasteiger partial charge in [0.15, 0.2) is 11.6 Å². The number of halogens is 1. The predicted molar refractivity (Wildman–Crippen MR) is 120 cm³/mol. The van der Waals surface area contributed by atoms with Crippen LogP contribution in [0.3, 0.4) is 0 Å². The molecule has 0 amide bonds. The molecule has 0 radical (unpaired) electrons. The van der Waals surface area contributed by atoms with E-state index in [0.717, 1.165) is 43.9 Å². The fourth-order valence-corrected chi connectivity index (χ4v) is 5.37. The molecule has 2 saturated heterocycles. The molecular weight excluding hydrogens is 435 g/mol. The molecule has 0 aliphatic carbocycles. The lowest BCUT2D eigenvalue weighted by Crippen LogP contribution is -2.49. The normalized spacial score (nSPS) is 18.7. The maximum Gasteiger partial charge on any atom is 0.243 e. The van der Waals surface area contributed by atoms with E-state index in [0.29, 0.717) is 32.8 Å². The minimum atomic E-state index is -3.79. The molecule has 174 valence electrons. The molecule has 1 aromatic carbocycles. The first-order valence-electron chi connectivity index (χ1n) is 10.8. The summed E-state index contributed by atoms with van der Waals surface area (Å²) in [5.41, 5.74) is 0. The smallest absolute Gasteiger partial charge is 0.243 e. The number of anilines is 2. The Kier molecular flexibility index (Phi) is 6.77. The van der Waals surface area contributed by atoms with Crippen LogP contribution in [-0.2, 0) is 10.0 Å².